The van der Waals surface area contributed by atoms with Crippen LogP contribution in [0, 0.1) is 6.92 Å². The highest BCUT2D eigenvalue weighted by molar-refractivity contribution is 9.08. The van der Waals surface area contributed by atoms with Gasteiger partial charge in [0.05, 0.1) is 0 Å². The van der Waals surface area contributed by atoms with Crippen molar-refractivity contribution in [3.8, 4) is 0 Å². The Morgan fingerprint density at radius 2 is 2.21 bits per heavy atom. The van der Waals surface area contributed by atoms with E-state index < -0.39 is 0 Å². The van der Waals surface area contributed by atoms with E-state index in [9.17, 15) is 4.79 Å². The zero-order valence-electron chi connectivity index (χ0n) is 8.02. The molecule has 0 saturated heterocycles. The van der Waals surface area contributed by atoms with E-state index in [4.69, 9.17) is 11.6 Å². The molecule has 0 bridgehead atoms. The van der Waals surface area contributed by atoms with Gasteiger partial charge in [0.15, 0.2) is 5.78 Å². The second-order valence-electron chi connectivity index (χ2n) is 3.14. The first-order valence-corrected chi connectivity index (χ1v) is 6.09. The number of halogens is 2. The number of aryl methyl sites for hydroxylation is 1. The van der Waals surface area contributed by atoms with Crippen LogP contribution in [0.1, 0.15) is 27.9 Å². The molecule has 3 heteroatoms. The maximum Gasteiger partial charge on any atom is 0.164 e. The third-order valence-electron chi connectivity index (χ3n) is 2.14. The predicted octanol–water partition coefficient (Wildman–Crippen LogP) is 3.70. The average molecular weight is 276 g/mol. The Kier molecular flexibility index (Phi) is 4.63. The molecule has 1 nitrogen and oxygen atoms in total. The normalized spacial score (nSPS) is 10.2. The molecule has 14 heavy (non-hydrogen) atoms. The van der Waals surface area contributed by atoms with Crippen molar-refractivity contribution in [1.29, 1.82) is 0 Å². The average Bonchev–Trinajstić information content (AvgIpc) is 2.19. The monoisotopic (exact) mass is 274 g/mol. The molecule has 1 aromatic carbocycles. The number of rotatable bonds is 4. The Hall–Kier alpha value is -0.340. The van der Waals surface area contributed by atoms with Crippen molar-refractivity contribution in [3.63, 3.8) is 0 Å². The highest BCUT2D eigenvalue weighted by atomic mass is 79.9. The number of Topliss-reactive ketones (excluding diaryl/α,β-unsaturated/α-hetero) is 1. The minimum atomic E-state index is 0.113. The fourth-order valence-electron chi connectivity index (χ4n) is 1.22. The van der Waals surface area contributed by atoms with Crippen LogP contribution in [0.25, 0.3) is 0 Å². The second kappa shape index (κ2) is 5.52. The first-order chi connectivity index (χ1) is 6.69. The topological polar surface area (TPSA) is 17.1 Å². The molecule has 0 fully saturated rings. The van der Waals surface area contributed by atoms with Gasteiger partial charge in [-0.15, -0.1) is 11.6 Å². The maximum absolute atomic E-state index is 11.5. The first-order valence-electron chi connectivity index (χ1n) is 4.43. The number of ketones is 1. The van der Waals surface area contributed by atoms with Crippen LogP contribution < -0.4 is 0 Å². The van der Waals surface area contributed by atoms with Crippen LogP contribution in [-0.4, -0.2) is 11.7 Å². The molecule has 0 aliphatic carbocycles. The Morgan fingerprint density at radius 3 is 2.79 bits per heavy atom. The lowest BCUT2D eigenvalue weighted by Gasteiger charge is -2.04. The number of alkyl halides is 2. The fourth-order valence-corrected chi connectivity index (χ4v) is 1.99. The van der Waals surface area contributed by atoms with Crippen LogP contribution in [0.15, 0.2) is 18.2 Å². The molecule has 1 rings (SSSR count). The summed E-state index contributed by atoms with van der Waals surface area (Å²) in [5.74, 6) is 0.498. The van der Waals surface area contributed by atoms with Gasteiger partial charge in [-0.05, 0) is 24.1 Å². The summed E-state index contributed by atoms with van der Waals surface area (Å²) in [7, 11) is 0. The van der Waals surface area contributed by atoms with Gasteiger partial charge in [-0.3, -0.25) is 4.79 Å². The summed E-state index contributed by atoms with van der Waals surface area (Å²) < 4.78 is 0. The molecule has 0 aliphatic rings. The lowest BCUT2D eigenvalue weighted by Crippen LogP contribution is -2.01. The van der Waals surface area contributed by atoms with Crippen LogP contribution in [0.4, 0.5) is 0 Å². The molecule has 0 heterocycles. The maximum atomic E-state index is 11.5. The smallest absolute Gasteiger partial charge is 0.164 e. The van der Waals surface area contributed by atoms with Crippen LogP contribution >= 0.6 is 27.5 Å². The number of benzene rings is 1. The molecule has 76 valence electrons. The summed E-state index contributed by atoms with van der Waals surface area (Å²) in [5, 5.41) is 0.779. The van der Waals surface area contributed by atoms with Crippen molar-refractivity contribution in [3.05, 3.63) is 34.9 Å². The SMILES string of the molecule is Cc1ccc(C(=O)CCCl)cc1CBr. The molecule has 0 atom stereocenters. The van der Waals surface area contributed by atoms with Crippen molar-refractivity contribution in [1.82, 2.24) is 0 Å². The van der Waals surface area contributed by atoms with Crippen LogP contribution in [-0.2, 0) is 5.33 Å². The van der Waals surface area contributed by atoms with E-state index in [0.717, 1.165) is 16.5 Å². The molecule has 0 unspecified atom stereocenters. The van der Waals surface area contributed by atoms with E-state index in [1.165, 1.54) is 5.56 Å². The zero-order valence-corrected chi connectivity index (χ0v) is 10.4. The summed E-state index contributed by atoms with van der Waals surface area (Å²) in [4.78, 5) is 11.5. The Bertz CT molecular complexity index is 336. The fraction of sp³-hybridized carbons (Fsp3) is 0.364. The van der Waals surface area contributed by atoms with Gasteiger partial charge < -0.3 is 0 Å². The highest BCUT2D eigenvalue weighted by Crippen LogP contribution is 2.15. The Morgan fingerprint density at radius 1 is 1.50 bits per heavy atom. The summed E-state index contributed by atoms with van der Waals surface area (Å²) in [5.41, 5.74) is 3.11. The van der Waals surface area contributed by atoms with E-state index in [-0.39, 0.29) is 5.78 Å². The second-order valence-corrected chi connectivity index (χ2v) is 4.08. The molecule has 0 N–H and O–H groups in total. The van der Waals surface area contributed by atoms with Gasteiger partial charge in [-0.2, -0.15) is 0 Å². The van der Waals surface area contributed by atoms with E-state index in [2.05, 4.69) is 15.9 Å². The first kappa shape index (κ1) is 11.7. The molecule has 0 spiro atoms. The molecule has 0 amide bonds. The van der Waals surface area contributed by atoms with E-state index >= 15 is 0 Å². The largest absolute Gasteiger partial charge is 0.294 e. The molecule has 1 aromatic rings. The highest BCUT2D eigenvalue weighted by Gasteiger charge is 2.06. The van der Waals surface area contributed by atoms with Crippen LogP contribution in [0.2, 0.25) is 0 Å². The molecule has 0 aliphatic heterocycles. The standard InChI is InChI=1S/C11H12BrClO/c1-8-2-3-9(6-10(8)7-12)11(14)4-5-13/h2-3,6H,4-5,7H2,1H3. The minimum absolute atomic E-state index is 0.113. The van der Waals surface area contributed by atoms with E-state index in [1.807, 2.05) is 25.1 Å². The van der Waals surface area contributed by atoms with Crippen molar-refractivity contribution in [2.45, 2.75) is 18.7 Å². The van der Waals surface area contributed by atoms with Crippen LogP contribution in [0.5, 0.6) is 0 Å². The van der Waals surface area contributed by atoms with Gasteiger partial charge in [-0.1, -0.05) is 28.1 Å². The van der Waals surface area contributed by atoms with Gasteiger partial charge in [0.25, 0.3) is 0 Å². The lowest BCUT2D eigenvalue weighted by molar-refractivity contribution is 0.0989. The number of carbonyl (C=O) groups is 1. The third kappa shape index (κ3) is 2.82. The summed E-state index contributed by atoms with van der Waals surface area (Å²) in [6.07, 6.45) is 0.409. The summed E-state index contributed by atoms with van der Waals surface area (Å²) >= 11 is 8.91. The van der Waals surface area contributed by atoms with Gasteiger partial charge in [0.2, 0.25) is 0 Å². The number of hydrogen-bond acceptors (Lipinski definition) is 1. The van der Waals surface area contributed by atoms with Gasteiger partial charge >= 0.3 is 0 Å². The molecular weight excluding hydrogens is 263 g/mol. The quantitative estimate of drug-likeness (QED) is 0.605. The van der Waals surface area contributed by atoms with E-state index in [1.54, 1.807) is 0 Å². The molecule has 0 radical (unpaired) electrons. The van der Waals surface area contributed by atoms with Crippen molar-refractivity contribution < 1.29 is 4.79 Å². The zero-order chi connectivity index (χ0) is 10.6. The molecule has 0 aromatic heterocycles. The van der Waals surface area contributed by atoms with E-state index in [0.29, 0.717) is 12.3 Å². The van der Waals surface area contributed by atoms with Gasteiger partial charge in [0.1, 0.15) is 0 Å². The van der Waals surface area contributed by atoms with Crippen molar-refractivity contribution in [2.75, 3.05) is 5.88 Å². The Balaban J connectivity index is 2.94. The third-order valence-corrected chi connectivity index (χ3v) is 2.93. The minimum Gasteiger partial charge on any atom is -0.294 e. The molecule has 0 saturated carbocycles. The van der Waals surface area contributed by atoms with Gasteiger partial charge in [0, 0.05) is 23.2 Å². The van der Waals surface area contributed by atoms with Crippen molar-refractivity contribution >= 4 is 33.3 Å². The number of carbonyl (C=O) groups excluding carboxylic acids is 1. The van der Waals surface area contributed by atoms with Crippen molar-refractivity contribution in [2.24, 2.45) is 0 Å². The van der Waals surface area contributed by atoms with Gasteiger partial charge in [-0.25, -0.2) is 0 Å². The summed E-state index contributed by atoms with van der Waals surface area (Å²) in [6, 6.07) is 5.76. The lowest BCUT2D eigenvalue weighted by atomic mass is 10.0. The number of hydrogen-bond donors (Lipinski definition) is 0. The summed E-state index contributed by atoms with van der Waals surface area (Å²) in [6.45, 7) is 2.03. The van der Waals surface area contributed by atoms with Crippen LogP contribution in [0.3, 0.4) is 0 Å². The molecular formula is C11H12BrClO. The Labute approximate surface area is 97.6 Å². The predicted molar refractivity (Wildman–Crippen MR) is 63.5 cm³/mol.